The van der Waals surface area contributed by atoms with E-state index in [0.29, 0.717) is 23.9 Å². The van der Waals surface area contributed by atoms with E-state index in [2.05, 4.69) is 22.1 Å². The largest absolute Gasteiger partial charge is 0.464 e. The number of benzene rings is 1. The molecule has 0 aliphatic carbocycles. The van der Waals surface area contributed by atoms with E-state index in [1.54, 1.807) is 0 Å². The topological polar surface area (TPSA) is 74.4 Å². The number of carbonyl (C=O) groups excluding carboxylic acids is 2. The second kappa shape index (κ2) is 7.86. The van der Waals surface area contributed by atoms with Gasteiger partial charge in [-0.25, -0.2) is 9.18 Å². The van der Waals surface area contributed by atoms with Gasteiger partial charge in [0.05, 0.1) is 12.8 Å². The number of H-pyrrole nitrogens is 1. The Labute approximate surface area is 151 Å². The number of nitrogens with one attached hydrogen (secondary N) is 2. The minimum Gasteiger partial charge on any atom is -0.464 e. The number of amides is 1. The summed E-state index contributed by atoms with van der Waals surface area (Å²) in [4.78, 5) is 29.6. The normalized spacial score (nSPS) is 16.0. The highest BCUT2D eigenvalue weighted by molar-refractivity contribution is 6.10. The van der Waals surface area contributed by atoms with Crippen LogP contribution in [0.1, 0.15) is 36.7 Å². The van der Waals surface area contributed by atoms with Gasteiger partial charge in [0, 0.05) is 23.9 Å². The number of esters is 1. The smallest absolute Gasteiger partial charge is 0.356 e. The number of aromatic nitrogens is 1. The Morgan fingerprint density at radius 1 is 1.35 bits per heavy atom. The van der Waals surface area contributed by atoms with Crippen molar-refractivity contribution in [1.29, 1.82) is 0 Å². The van der Waals surface area contributed by atoms with E-state index in [1.807, 2.05) is 0 Å². The number of anilines is 1. The van der Waals surface area contributed by atoms with Crippen LogP contribution < -0.4 is 5.32 Å². The molecule has 7 heteroatoms. The Hall–Kier alpha value is -2.41. The van der Waals surface area contributed by atoms with Crippen molar-refractivity contribution in [3.05, 3.63) is 29.7 Å². The average Bonchev–Trinajstić information content (AvgIpc) is 2.98. The molecular weight excluding hydrogens is 337 g/mol. The summed E-state index contributed by atoms with van der Waals surface area (Å²) in [6.45, 7) is 4.91. The van der Waals surface area contributed by atoms with Crippen LogP contribution in [0.25, 0.3) is 10.9 Å². The van der Waals surface area contributed by atoms with Crippen LogP contribution in [0.5, 0.6) is 0 Å². The summed E-state index contributed by atoms with van der Waals surface area (Å²) < 4.78 is 18.4. The summed E-state index contributed by atoms with van der Waals surface area (Å²) >= 11 is 0. The number of hydrogen-bond donors (Lipinski definition) is 2. The Morgan fingerprint density at radius 3 is 2.77 bits per heavy atom. The molecule has 0 spiro atoms. The molecule has 6 nitrogen and oxygen atoms in total. The lowest BCUT2D eigenvalue weighted by Gasteiger charge is -2.29. The number of nitrogens with zero attached hydrogens (tertiary/aromatic N) is 1. The summed E-state index contributed by atoms with van der Waals surface area (Å²) in [6.07, 6.45) is 2.61. The Morgan fingerprint density at radius 2 is 2.08 bits per heavy atom. The summed E-state index contributed by atoms with van der Waals surface area (Å²) in [6, 6.07) is 4.12. The van der Waals surface area contributed by atoms with Gasteiger partial charge in [0.25, 0.3) is 0 Å². The first-order valence-corrected chi connectivity index (χ1v) is 8.89. The molecular formula is C19H24FN3O3. The molecule has 2 heterocycles. The highest BCUT2D eigenvalue weighted by Gasteiger charge is 2.21. The molecule has 0 radical (unpaired) electrons. The number of rotatable bonds is 5. The van der Waals surface area contributed by atoms with Gasteiger partial charge >= 0.3 is 5.97 Å². The number of fused-ring (bicyclic) bond motifs is 1. The number of ether oxygens (including phenoxy) is 1. The molecule has 26 heavy (non-hydrogen) atoms. The molecule has 1 amide bonds. The maximum Gasteiger partial charge on any atom is 0.356 e. The highest BCUT2D eigenvalue weighted by Crippen LogP contribution is 2.29. The van der Waals surface area contributed by atoms with Gasteiger partial charge in [0.2, 0.25) is 5.91 Å². The maximum absolute atomic E-state index is 13.6. The first-order chi connectivity index (χ1) is 12.5. The van der Waals surface area contributed by atoms with Crippen molar-refractivity contribution >= 4 is 28.5 Å². The van der Waals surface area contributed by atoms with Gasteiger partial charge in [0.1, 0.15) is 11.5 Å². The maximum atomic E-state index is 13.6. The van der Waals surface area contributed by atoms with Crippen molar-refractivity contribution < 1.29 is 18.7 Å². The van der Waals surface area contributed by atoms with Crippen LogP contribution >= 0.6 is 0 Å². The predicted molar refractivity (Wildman–Crippen MR) is 97.7 cm³/mol. The zero-order valence-electron chi connectivity index (χ0n) is 15.1. The fourth-order valence-corrected chi connectivity index (χ4v) is 3.30. The lowest BCUT2D eigenvalue weighted by Crippen LogP contribution is -2.35. The Kier molecular flexibility index (Phi) is 5.56. The molecule has 1 aliphatic heterocycles. The third kappa shape index (κ3) is 4.04. The minimum absolute atomic E-state index is 0.119. The summed E-state index contributed by atoms with van der Waals surface area (Å²) in [5.41, 5.74) is 0.948. The molecule has 0 unspecified atom stereocenters. The lowest BCUT2D eigenvalue weighted by molar-refractivity contribution is -0.116. The van der Waals surface area contributed by atoms with Crippen LogP contribution in [0.4, 0.5) is 10.1 Å². The molecule has 1 aromatic carbocycles. The number of hydrogen-bond acceptors (Lipinski definition) is 4. The van der Waals surface area contributed by atoms with Crippen LogP contribution in [-0.4, -0.2) is 48.5 Å². The first-order valence-electron chi connectivity index (χ1n) is 8.89. The molecule has 2 N–H and O–H groups in total. The lowest BCUT2D eigenvalue weighted by atomic mass is 9.99. The van der Waals surface area contributed by atoms with Crippen molar-refractivity contribution in [2.45, 2.75) is 26.2 Å². The van der Waals surface area contributed by atoms with Crippen LogP contribution in [-0.2, 0) is 9.53 Å². The zero-order chi connectivity index (χ0) is 18.7. The van der Waals surface area contributed by atoms with Crippen molar-refractivity contribution in [3.63, 3.8) is 0 Å². The fourth-order valence-electron chi connectivity index (χ4n) is 3.30. The number of aromatic amines is 1. The van der Waals surface area contributed by atoms with Gasteiger partial charge in [-0.2, -0.15) is 0 Å². The molecule has 1 aromatic heterocycles. The van der Waals surface area contributed by atoms with Gasteiger partial charge in [-0.05, 0) is 50.0 Å². The number of piperidine rings is 1. The van der Waals surface area contributed by atoms with E-state index in [-0.39, 0.29) is 17.3 Å². The van der Waals surface area contributed by atoms with E-state index >= 15 is 0 Å². The zero-order valence-corrected chi connectivity index (χ0v) is 15.1. The third-order valence-corrected chi connectivity index (χ3v) is 4.95. The van der Waals surface area contributed by atoms with Crippen molar-refractivity contribution in [1.82, 2.24) is 9.88 Å². The van der Waals surface area contributed by atoms with E-state index in [1.165, 1.54) is 25.3 Å². The number of likely N-dealkylation sites (tertiary alicyclic amines) is 1. The number of halogens is 1. The standard InChI is InChI=1S/C19H24FN3O3/c1-12-5-8-23(9-6-12)10-7-16(24)22-17-14-11-13(20)3-4-15(14)21-18(17)19(25)26-2/h3-4,11-12,21H,5-10H2,1-2H3,(H,22,24). The molecule has 2 aromatic rings. The fraction of sp³-hybridized carbons (Fsp3) is 0.474. The second-order valence-electron chi connectivity index (χ2n) is 6.88. The number of carbonyl (C=O) groups is 2. The summed E-state index contributed by atoms with van der Waals surface area (Å²) in [5, 5.41) is 3.21. The van der Waals surface area contributed by atoms with Crippen LogP contribution in [0.2, 0.25) is 0 Å². The van der Waals surface area contributed by atoms with E-state index < -0.39 is 11.8 Å². The van der Waals surface area contributed by atoms with Gasteiger partial charge in [-0.15, -0.1) is 0 Å². The highest BCUT2D eigenvalue weighted by atomic mass is 19.1. The molecule has 140 valence electrons. The monoisotopic (exact) mass is 361 g/mol. The van der Waals surface area contributed by atoms with Crippen LogP contribution in [0.3, 0.4) is 0 Å². The van der Waals surface area contributed by atoms with Crippen molar-refractivity contribution in [2.24, 2.45) is 5.92 Å². The van der Waals surface area contributed by atoms with Crippen LogP contribution in [0.15, 0.2) is 18.2 Å². The molecule has 0 bridgehead atoms. The Bertz CT molecular complexity index is 810. The van der Waals surface area contributed by atoms with Crippen molar-refractivity contribution in [3.8, 4) is 0 Å². The molecule has 3 rings (SSSR count). The summed E-state index contributed by atoms with van der Waals surface area (Å²) in [7, 11) is 1.26. The Balaban J connectivity index is 1.73. The van der Waals surface area contributed by atoms with Crippen LogP contribution in [0, 0.1) is 11.7 Å². The van der Waals surface area contributed by atoms with E-state index in [0.717, 1.165) is 31.8 Å². The van der Waals surface area contributed by atoms with Crippen molar-refractivity contribution in [2.75, 3.05) is 32.1 Å². The summed E-state index contributed by atoms with van der Waals surface area (Å²) in [5.74, 6) is -0.518. The SMILES string of the molecule is COC(=O)c1[nH]c2ccc(F)cc2c1NC(=O)CCN1CCC(C)CC1. The molecule has 1 saturated heterocycles. The molecule has 1 fully saturated rings. The van der Waals surface area contributed by atoms with E-state index in [4.69, 9.17) is 4.74 Å². The average molecular weight is 361 g/mol. The van der Waals surface area contributed by atoms with Gasteiger partial charge in [-0.3, -0.25) is 4.79 Å². The second-order valence-corrected chi connectivity index (χ2v) is 6.88. The third-order valence-electron chi connectivity index (χ3n) is 4.95. The molecule has 0 saturated carbocycles. The first kappa shape index (κ1) is 18.4. The minimum atomic E-state index is -0.609. The van der Waals surface area contributed by atoms with E-state index in [9.17, 15) is 14.0 Å². The molecule has 0 atom stereocenters. The molecule has 1 aliphatic rings. The predicted octanol–water partition coefficient (Wildman–Crippen LogP) is 3.15. The van der Waals surface area contributed by atoms with Gasteiger partial charge in [-0.1, -0.05) is 6.92 Å². The number of methoxy groups -OCH3 is 1. The van der Waals surface area contributed by atoms with Gasteiger partial charge in [0.15, 0.2) is 0 Å². The quantitative estimate of drug-likeness (QED) is 0.803. The van der Waals surface area contributed by atoms with Gasteiger partial charge < -0.3 is 19.9 Å².